The molecule has 0 saturated carbocycles. The number of rotatable bonds is 2. The Balaban J connectivity index is 2.19. The smallest absolute Gasteiger partial charge is 0.270 e. The molecule has 0 unspecified atom stereocenters. The van der Waals surface area contributed by atoms with Gasteiger partial charge >= 0.3 is 0 Å². The van der Waals surface area contributed by atoms with E-state index in [1.165, 1.54) is 12.1 Å². The fourth-order valence-corrected chi connectivity index (χ4v) is 2.13. The number of benzene rings is 2. The lowest BCUT2D eigenvalue weighted by atomic mass is 10.1. The van der Waals surface area contributed by atoms with Gasteiger partial charge in [0, 0.05) is 28.6 Å². The lowest BCUT2D eigenvalue weighted by Gasteiger charge is -2.06. The van der Waals surface area contributed by atoms with Crippen molar-refractivity contribution in [2.75, 3.05) is 5.73 Å². The van der Waals surface area contributed by atoms with E-state index in [1.54, 1.807) is 18.2 Å². The Morgan fingerprint density at radius 3 is 2.73 bits per heavy atom. The SMILES string of the molecule is C#Cc1cccc(-c2nc(N)c3cc([N+](=O)[O-])ccc3n2)c1. The second-order valence-electron chi connectivity index (χ2n) is 4.62. The van der Waals surface area contributed by atoms with Gasteiger partial charge in [-0.15, -0.1) is 6.42 Å². The van der Waals surface area contributed by atoms with Gasteiger partial charge in [0.25, 0.3) is 5.69 Å². The molecule has 0 amide bonds. The van der Waals surface area contributed by atoms with Crippen molar-refractivity contribution in [3.63, 3.8) is 0 Å². The zero-order valence-electron chi connectivity index (χ0n) is 11.4. The molecule has 0 radical (unpaired) electrons. The number of nitrogen functional groups attached to an aromatic ring is 1. The summed E-state index contributed by atoms with van der Waals surface area (Å²) in [4.78, 5) is 19.0. The van der Waals surface area contributed by atoms with Crippen LogP contribution in [-0.4, -0.2) is 14.9 Å². The fourth-order valence-electron chi connectivity index (χ4n) is 2.13. The van der Waals surface area contributed by atoms with Crippen LogP contribution in [-0.2, 0) is 0 Å². The van der Waals surface area contributed by atoms with E-state index in [4.69, 9.17) is 12.2 Å². The summed E-state index contributed by atoms with van der Waals surface area (Å²) >= 11 is 0. The van der Waals surface area contributed by atoms with Gasteiger partial charge in [0.1, 0.15) is 5.82 Å². The Morgan fingerprint density at radius 2 is 2.00 bits per heavy atom. The summed E-state index contributed by atoms with van der Waals surface area (Å²) in [6.07, 6.45) is 5.38. The van der Waals surface area contributed by atoms with Crippen LogP contribution in [0, 0.1) is 22.5 Å². The van der Waals surface area contributed by atoms with Gasteiger partial charge in [-0.3, -0.25) is 10.1 Å². The molecule has 0 atom stereocenters. The number of fused-ring (bicyclic) bond motifs is 1. The molecule has 1 aromatic heterocycles. The Hall–Kier alpha value is -3.46. The highest BCUT2D eigenvalue weighted by molar-refractivity contribution is 5.91. The number of nitro benzene ring substituents is 1. The van der Waals surface area contributed by atoms with Crippen molar-refractivity contribution in [2.45, 2.75) is 0 Å². The van der Waals surface area contributed by atoms with Gasteiger partial charge in [-0.2, -0.15) is 0 Å². The quantitative estimate of drug-likeness (QED) is 0.445. The summed E-state index contributed by atoms with van der Waals surface area (Å²) in [5.74, 6) is 3.16. The number of hydrogen-bond acceptors (Lipinski definition) is 5. The minimum Gasteiger partial charge on any atom is -0.383 e. The van der Waals surface area contributed by atoms with Crippen molar-refractivity contribution in [1.82, 2.24) is 9.97 Å². The van der Waals surface area contributed by atoms with Gasteiger partial charge in [-0.05, 0) is 18.2 Å². The maximum absolute atomic E-state index is 10.8. The second kappa shape index (κ2) is 5.14. The highest BCUT2D eigenvalue weighted by Gasteiger charge is 2.12. The Labute approximate surface area is 125 Å². The lowest BCUT2D eigenvalue weighted by Crippen LogP contribution is -1.99. The number of terminal acetylenes is 1. The maximum Gasteiger partial charge on any atom is 0.270 e. The van der Waals surface area contributed by atoms with Gasteiger partial charge in [-0.1, -0.05) is 18.1 Å². The predicted molar refractivity (Wildman–Crippen MR) is 84.0 cm³/mol. The van der Waals surface area contributed by atoms with Crippen LogP contribution in [0.2, 0.25) is 0 Å². The van der Waals surface area contributed by atoms with Crippen LogP contribution in [0.3, 0.4) is 0 Å². The molecule has 0 saturated heterocycles. The molecule has 0 aliphatic carbocycles. The highest BCUT2D eigenvalue weighted by atomic mass is 16.6. The van der Waals surface area contributed by atoms with Gasteiger partial charge in [0.15, 0.2) is 5.82 Å². The number of nitro groups is 1. The first-order valence-electron chi connectivity index (χ1n) is 6.37. The van der Waals surface area contributed by atoms with Crippen LogP contribution in [0.1, 0.15) is 5.56 Å². The summed E-state index contributed by atoms with van der Waals surface area (Å²) < 4.78 is 0. The van der Waals surface area contributed by atoms with Crippen LogP contribution in [0.4, 0.5) is 11.5 Å². The third-order valence-corrected chi connectivity index (χ3v) is 3.21. The van der Waals surface area contributed by atoms with Crippen LogP contribution < -0.4 is 5.73 Å². The molecule has 6 nitrogen and oxygen atoms in total. The lowest BCUT2D eigenvalue weighted by molar-refractivity contribution is -0.384. The Bertz CT molecular complexity index is 945. The van der Waals surface area contributed by atoms with E-state index >= 15 is 0 Å². The first kappa shape index (κ1) is 13.5. The molecule has 0 aliphatic heterocycles. The minimum atomic E-state index is -0.483. The van der Waals surface area contributed by atoms with Crippen molar-refractivity contribution in [3.8, 4) is 23.7 Å². The van der Waals surface area contributed by atoms with Crippen molar-refractivity contribution < 1.29 is 4.92 Å². The molecule has 2 N–H and O–H groups in total. The van der Waals surface area contributed by atoms with E-state index in [2.05, 4.69) is 15.9 Å². The first-order valence-corrected chi connectivity index (χ1v) is 6.37. The number of anilines is 1. The zero-order valence-corrected chi connectivity index (χ0v) is 11.4. The maximum atomic E-state index is 10.8. The molecule has 0 aliphatic rings. The standard InChI is InChI=1S/C16H10N4O2/c1-2-10-4-3-5-11(8-10)16-18-14-7-6-12(20(21)22)9-13(14)15(17)19-16/h1,3-9H,(H2,17,18,19). The Kier molecular flexibility index (Phi) is 3.16. The number of nitrogens with zero attached hydrogens (tertiary/aromatic N) is 3. The predicted octanol–water partition coefficient (Wildman–Crippen LogP) is 2.77. The van der Waals surface area contributed by atoms with E-state index < -0.39 is 4.92 Å². The van der Waals surface area contributed by atoms with Crippen molar-refractivity contribution in [3.05, 3.63) is 58.1 Å². The molecule has 106 valence electrons. The highest BCUT2D eigenvalue weighted by Crippen LogP contribution is 2.26. The van der Waals surface area contributed by atoms with Crippen molar-refractivity contribution in [2.24, 2.45) is 0 Å². The summed E-state index contributed by atoms with van der Waals surface area (Å²) in [5, 5.41) is 11.3. The molecule has 3 rings (SSSR count). The fraction of sp³-hybridized carbons (Fsp3) is 0. The van der Waals surface area contributed by atoms with Crippen molar-refractivity contribution in [1.29, 1.82) is 0 Å². The molecule has 22 heavy (non-hydrogen) atoms. The third-order valence-electron chi connectivity index (χ3n) is 3.21. The average molecular weight is 290 g/mol. The van der Waals surface area contributed by atoms with E-state index in [1.807, 2.05) is 12.1 Å². The molecular weight excluding hydrogens is 280 g/mol. The van der Waals surface area contributed by atoms with E-state index in [0.717, 1.165) is 5.56 Å². The van der Waals surface area contributed by atoms with Gasteiger partial charge in [0.2, 0.25) is 0 Å². The molecule has 0 bridgehead atoms. The molecule has 1 heterocycles. The van der Waals surface area contributed by atoms with Crippen LogP contribution >= 0.6 is 0 Å². The van der Waals surface area contributed by atoms with E-state index in [0.29, 0.717) is 22.3 Å². The summed E-state index contributed by atoms with van der Waals surface area (Å²) in [5.41, 5.74) is 7.86. The normalized spacial score (nSPS) is 10.3. The van der Waals surface area contributed by atoms with Gasteiger partial charge < -0.3 is 5.73 Å². The number of aromatic nitrogens is 2. The van der Waals surface area contributed by atoms with Crippen LogP contribution in [0.15, 0.2) is 42.5 Å². The van der Waals surface area contributed by atoms with E-state index in [9.17, 15) is 10.1 Å². The summed E-state index contributed by atoms with van der Waals surface area (Å²) in [6, 6.07) is 11.5. The first-order chi connectivity index (χ1) is 10.6. The summed E-state index contributed by atoms with van der Waals surface area (Å²) in [7, 11) is 0. The molecule has 2 aromatic carbocycles. The number of non-ortho nitro benzene ring substituents is 1. The molecular formula is C16H10N4O2. The molecule has 6 heteroatoms. The minimum absolute atomic E-state index is 0.0510. The third kappa shape index (κ3) is 2.31. The largest absolute Gasteiger partial charge is 0.383 e. The van der Waals surface area contributed by atoms with Gasteiger partial charge in [-0.25, -0.2) is 9.97 Å². The molecule has 3 aromatic rings. The molecule has 0 fully saturated rings. The van der Waals surface area contributed by atoms with Crippen LogP contribution in [0.5, 0.6) is 0 Å². The Morgan fingerprint density at radius 1 is 1.18 bits per heavy atom. The average Bonchev–Trinajstić information content (AvgIpc) is 2.54. The van der Waals surface area contributed by atoms with E-state index in [-0.39, 0.29) is 11.5 Å². The zero-order chi connectivity index (χ0) is 15.7. The second-order valence-corrected chi connectivity index (χ2v) is 4.62. The number of nitrogens with two attached hydrogens (primary N) is 1. The van der Waals surface area contributed by atoms with Gasteiger partial charge in [0.05, 0.1) is 10.4 Å². The number of hydrogen-bond donors (Lipinski definition) is 1. The van der Waals surface area contributed by atoms with Crippen molar-refractivity contribution >= 4 is 22.4 Å². The molecule has 0 spiro atoms. The summed E-state index contributed by atoms with van der Waals surface area (Å²) in [6.45, 7) is 0. The van der Waals surface area contributed by atoms with Crippen LogP contribution in [0.25, 0.3) is 22.3 Å². The monoisotopic (exact) mass is 290 g/mol. The topological polar surface area (TPSA) is 94.9 Å².